The fourth-order valence-electron chi connectivity index (χ4n) is 2.73. The number of carbonyl (C=O) groups is 1. The topological polar surface area (TPSA) is 51.2 Å². The number of hydrogen-bond acceptors (Lipinski definition) is 4. The molecule has 2 heterocycles. The first-order valence-corrected chi connectivity index (χ1v) is 9.76. The Bertz CT molecular complexity index is 1050. The van der Waals surface area contributed by atoms with Gasteiger partial charge in [0.05, 0.1) is 10.6 Å². The average Bonchev–Trinajstić information content (AvgIpc) is 3.29. The number of hydrogen-bond donors (Lipinski definition) is 1. The maximum Gasteiger partial charge on any atom is 0.251 e. The van der Waals surface area contributed by atoms with Gasteiger partial charge in [-0.3, -0.25) is 9.78 Å². The molecule has 0 aliphatic rings. The molecular formula is C23H18N2O2S. The third-order valence-electron chi connectivity index (χ3n) is 4.15. The number of nitrogens with one attached hydrogen (secondary N) is 1. The predicted octanol–water partition coefficient (Wildman–Crippen LogP) is 5.53. The lowest BCUT2D eigenvalue weighted by atomic mass is 10.2. The summed E-state index contributed by atoms with van der Waals surface area (Å²) in [6.45, 7) is 0.446. The van der Waals surface area contributed by atoms with Crippen LogP contribution in [0.5, 0.6) is 11.5 Å². The van der Waals surface area contributed by atoms with Crippen molar-refractivity contribution in [1.29, 1.82) is 0 Å². The van der Waals surface area contributed by atoms with Gasteiger partial charge in [0.1, 0.15) is 11.5 Å². The molecule has 5 heteroatoms. The Hall–Kier alpha value is -3.44. The monoisotopic (exact) mass is 386 g/mol. The van der Waals surface area contributed by atoms with Crippen molar-refractivity contribution in [1.82, 2.24) is 10.3 Å². The molecule has 2 aromatic heterocycles. The minimum Gasteiger partial charge on any atom is -0.457 e. The highest BCUT2D eigenvalue weighted by atomic mass is 32.1. The maximum absolute atomic E-state index is 12.4. The average molecular weight is 386 g/mol. The number of benzene rings is 2. The van der Waals surface area contributed by atoms with Crippen LogP contribution in [0.4, 0.5) is 0 Å². The van der Waals surface area contributed by atoms with Gasteiger partial charge in [-0.1, -0.05) is 24.3 Å². The van der Waals surface area contributed by atoms with E-state index >= 15 is 0 Å². The van der Waals surface area contributed by atoms with E-state index in [9.17, 15) is 4.79 Å². The molecule has 2 aromatic carbocycles. The lowest BCUT2D eigenvalue weighted by Gasteiger charge is -2.08. The summed E-state index contributed by atoms with van der Waals surface area (Å²) >= 11 is 1.65. The molecule has 0 spiro atoms. The predicted molar refractivity (Wildman–Crippen MR) is 112 cm³/mol. The highest BCUT2D eigenvalue weighted by Gasteiger charge is 2.07. The number of amides is 1. The Morgan fingerprint density at radius 1 is 0.929 bits per heavy atom. The minimum atomic E-state index is -0.124. The van der Waals surface area contributed by atoms with Gasteiger partial charge in [-0.2, -0.15) is 0 Å². The van der Waals surface area contributed by atoms with E-state index in [0.717, 1.165) is 21.9 Å². The van der Waals surface area contributed by atoms with Crippen molar-refractivity contribution in [3.05, 3.63) is 102 Å². The van der Waals surface area contributed by atoms with Crippen molar-refractivity contribution in [2.45, 2.75) is 6.54 Å². The van der Waals surface area contributed by atoms with Crippen LogP contribution in [0.2, 0.25) is 0 Å². The van der Waals surface area contributed by atoms with Crippen molar-refractivity contribution in [2.24, 2.45) is 0 Å². The van der Waals surface area contributed by atoms with Gasteiger partial charge in [0, 0.05) is 18.3 Å². The van der Waals surface area contributed by atoms with Gasteiger partial charge >= 0.3 is 0 Å². The van der Waals surface area contributed by atoms with E-state index in [0.29, 0.717) is 17.9 Å². The van der Waals surface area contributed by atoms with Crippen molar-refractivity contribution >= 4 is 17.2 Å². The number of ether oxygens (including phenoxy) is 1. The normalized spacial score (nSPS) is 10.4. The van der Waals surface area contributed by atoms with Crippen LogP contribution in [0.1, 0.15) is 15.9 Å². The molecule has 4 rings (SSSR count). The molecule has 0 saturated heterocycles. The standard InChI is InChI=1S/C23H18N2O2S/c26-23(18-8-10-20(11-9-18)27-19-5-2-1-3-6-19)25-16-17-12-13-24-21(15-17)22-7-4-14-28-22/h1-15H,16H2,(H,25,26). The summed E-state index contributed by atoms with van der Waals surface area (Å²) in [6.07, 6.45) is 1.77. The highest BCUT2D eigenvalue weighted by molar-refractivity contribution is 7.13. The Morgan fingerprint density at radius 3 is 2.46 bits per heavy atom. The Kier molecular flexibility index (Phi) is 5.45. The zero-order valence-corrected chi connectivity index (χ0v) is 15.9. The number of nitrogens with zero attached hydrogens (tertiary/aromatic N) is 1. The molecular weight excluding hydrogens is 368 g/mol. The second-order valence-electron chi connectivity index (χ2n) is 6.15. The number of thiophene rings is 1. The first-order valence-electron chi connectivity index (χ1n) is 8.88. The molecule has 0 saturated carbocycles. The van der Waals surface area contributed by atoms with Gasteiger partial charge < -0.3 is 10.1 Å². The van der Waals surface area contributed by atoms with Crippen LogP contribution in [0.3, 0.4) is 0 Å². The summed E-state index contributed by atoms with van der Waals surface area (Å²) in [5.74, 6) is 1.33. The molecule has 4 aromatic rings. The summed E-state index contributed by atoms with van der Waals surface area (Å²) in [5.41, 5.74) is 2.52. The number of rotatable bonds is 6. The molecule has 0 bridgehead atoms. The fourth-order valence-corrected chi connectivity index (χ4v) is 3.42. The zero-order chi connectivity index (χ0) is 19.2. The quantitative estimate of drug-likeness (QED) is 0.474. The molecule has 0 fully saturated rings. The summed E-state index contributed by atoms with van der Waals surface area (Å²) in [5, 5.41) is 4.98. The van der Waals surface area contributed by atoms with Gasteiger partial charge in [-0.05, 0) is 65.5 Å². The van der Waals surface area contributed by atoms with Crippen LogP contribution in [0, 0.1) is 0 Å². The molecule has 1 amide bonds. The number of aromatic nitrogens is 1. The molecule has 0 aliphatic carbocycles. The van der Waals surface area contributed by atoms with Crippen molar-refractivity contribution < 1.29 is 9.53 Å². The van der Waals surface area contributed by atoms with Crippen LogP contribution < -0.4 is 10.1 Å². The Labute approximate surface area is 167 Å². The first kappa shape index (κ1) is 17.9. The van der Waals surface area contributed by atoms with E-state index in [1.807, 2.05) is 60.0 Å². The lowest BCUT2D eigenvalue weighted by molar-refractivity contribution is 0.0951. The van der Waals surface area contributed by atoms with E-state index in [1.54, 1.807) is 41.8 Å². The number of pyridine rings is 1. The van der Waals surface area contributed by atoms with Gasteiger partial charge in [0.2, 0.25) is 0 Å². The second-order valence-corrected chi connectivity index (χ2v) is 7.10. The van der Waals surface area contributed by atoms with Gasteiger partial charge in [-0.25, -0.2) is 0 Å². The van der Waals surface area contributed by atoms with E-state index in [4.69, 9.17) is 4.74 Å². The highest BCUT2D eigenvalue weighted by Crippen LogP contribution is 2.23. The van der Waals surface area contributed by atoms with Crippen molar-refractivity contribution in [3.8, 4) is 22.1 Å². The van der Waals surface area contributed by atoms with E-state index in [1.165, 1.54) is 0 Å². The Balaban J connectivity index is 1.37. The van der Waals surface area contributed by atoms with Crippen LogP contribution in [-0.4, -0.2) is 10.9 Å². The summed E-state index contributed by atoms with van der Waals surface area (Å²) < 4.78 is 5.75. The number of carbonyl (C=O) groups excluding carboxylic acids is 1. The van der Waals surface area contributed by atoms with Gasteiger partial charge in [0.15, 0.2) is 0 Å². The van der Waals surface area contributed by atoms with Crippen LogP contribution in [0.25, 0.3) is 10.6 Å². The van der Waals surface area contributed by atoms with Gasteiger partial charge in [-0.15, -0.1) is 11.3 Å². The third-order valence-corrected chi connectivity index (χ3v) is 5.04. The first-order chi connectivity index (χ1) is 13.8. The summed E-state index contributed by atoms with van der Waals surface area (Å²) in [4.78, 5) is 17.9. The largest absolute Gasteiger partial charge is 0.457 e. The second kappa shape index (κ2) is 8.50. The van der Waals surface area contributed by atoms with E-state index in [2.05, 4.69) is 10.3 Å². The summed E-state index contributed by atoms with van der Waals surface area (Å²) in [7, 11) is 0. The molecule has 138 valence electrons. The smallest absolute Gasteiger partial charge is 0.251 e. The molecule has 28 heavy (non-hydrogen) atoms. The molecule has 0 aliphatic heterocycles. The summed E-state index contributed by atoms with van der Waals surface area (Å²) in [6, 6.07) is 24.6. The third kappa shape index (κ3) is 4.45. The molecule has 1 N–H and O–H groups in total. The van der Waals surface area contributed by atoms with Crippen molar-refractivity contribution in [3.63, 3.8) is 0 Å². The van der Waals surface area contributed by atoms with Crippen LogP contribution in [0.15, 0.2) is 90.4 Å². The molecule has 0 unspecified atom stereocenters. The zero-order valence-electron chi connectivity index (χ0n) is 15.0. The lowest BCUT2D eigenvalue weighted by Crippen LogP contribution is -2.22. The molecule has 0 atom stereocenters. The van der Waals surface area contributed by atoms with E-state index in [-0.39, 0.29) is 5.91 Å². The SMILES string of the molecule is O=C(NCc1ccnc(-c2cccs2)c1)c1ccc(Oc2ccccc2)cc1. The van der Waals surface area contributed by atoms with Gasteiger partial charge in [0.25, 0.3) is 5.91 Å². The Morgan fingerprint density at radius 2 is 1.71 bits per heavy atom. The fraction of sp³-hybridized carbons (Fsp3) is 0.0435. The van der Waals surface area contributed by atoms with Crippen molar-refractivity contribution in [2.75, 3.05) is 0 Å². The molecule has 4 nitrogen and oxygen atoms in total. The molecule has 0 radical (unpaired) electrons. The van der Waals surface area contributed by atoms with E-state index < -0.39 is 0 Å². The number of para-hydroxylation sites is 1. The van der Waals surface area contributed by atoms with Crippen LogP contribution >= 0.6 is 11.3 Å². The minimum absolute atomic E-state index is 0.124. The maximum atomic E-state index is 12.4. The van der Waals surface area contributed by atoms with Crippen LogP contribution in [-0.2, 0) is 6.54 Å².